The molecule has 1 fully saturated rings. The standard InChI is InChI=1S/C84H119N3O10/c1-3-5-7-8-9-10-11-12-14-17-20-41-57-76(91-62-70-47-31-24-32-48-70)79(92-63-71-49-33-25-34-50-71)75(87-78(88)58-42-21-18-15-13-16-19-22-44-60-86-84(89)85-59-43-6-4-2)67-96-83-82(95-66-74-55-39-28-40-56-74)81(94-65-73-53-37-27-38-54-73)80(93-64-72-51-35-26-36-52-72)77(97-83)68-90-61-69-45-29-23-30-46-69/h23-40,45-56,75-77,79-83H,3-22,41-44,57-68H2,1-2H3,(H,87,88)(H2,85,86,89)/t75-,76+,77+,79-,80-,81-,82+,83-/m0/s1. The number of carbonyl (C=O) groups excluding carboxylic acids is 2. The van der Waals surface area contributed by atoms with Gasteiger partial charge in [-0.15, -0.1) is 0 Å². The van der Waals surface area contributed by atoms with Crippen molar-refractivity contribution in [2.75, 3.05) is 26.3 Å². The van der Waals surface area contributed by atoms with Gasteiger partial charge in [-0.05, 0) is 59.1 Å². The summed E-state index contributed by atoms with van der Waals surface area (Å²) in [5.74, 6) is -0.0654. The molecule has 3 amide bonds. The molecule has 1 aliphatic rings. The molecule has 7 rings (SSSR count). The highest BCUT2D eigenvalue weighted by molar-refractivity contribution is 5.76. The van der Waals surface area contributed by atoms with Crippen molar-refractivity contribution in [1.82, 2.24) is 16.0 Å². The van der Waals surface area contributed by atoms with E-state index in [4.69, 9.17) is 37.9 Å². The van der Waals surface area contributed by atoms with E-state index in [2.05, 4.69) is 103 Å². The SMILES string of the molecule is CCCCCCCCCCCCCC[C@@H](OCc1ccccc1)[C@@H](OCc1ccccc1)[C@H](CO[C@H]1O[C@H](COCc2ccccc2)[C@H](OCc2ccccc2)[C@H](OCc2ccccc2)[C@H]1OCc1ccccc1)NC(=O)CCCCCCCCCCCNC(=O)NCCCCC. The summed E-state index contributed by atoms with van der Waals surface area (Å²) in [4.78, 5) is 27.0. The average Bonchev–Trinajstić information content (AvgIpc) is 0.798. The van der Waals surface area contributed by atoms with Gasteiger partial charge < -0.3 is 53.8 Å². The van der Waals surface area contributed by atoms with Gasteiger partial charge in [-0.1, -0.05) is 331 Å². The minimum Gasteiger partial charge on any atom is -0.374 e. The normalized spacial score (nSPS) is 17.1. The molecular weight excluding hydrogens is 1210 g/mol. The zero-order chi connectivity index (χ0) is 67.7. The Labute approximate surface area is 583 Å². The van der Waals surface area contributed by atoms with E-state index >= 15 is 0 Å². The first-order chi connectivity index (χ1) is 47.9. The third-order valence-electron chi connectivity index (χ3n) is 18.3. The number of ether oxygens (including phenoxy) is 8. The summed E-state index contributed by atoms with van der Waals surface area (Å²) in [6.07, 6.45) is 23.7. The number of hydrogen-bond acceptors (Lipinski definition) is 10. The molecule has 0 unspecified atom stereocenters. The smallest absolute Gasteiger partial charge is 0.314 e. The molecule has 13 heteroatoms. The predicted octanol–water partition coefficient (Wildman–Crippen LogP) is 18.8. The van der Waals surface area contributed by atoms with Crippen molar-refractivity contribution >= 4 is 11.9 Å². The number of benzene rings is 6. The van der Waals surface area contributed by atoms with Crippen molar-refractivity contribution in [2.45, 2.75) is 269 Å². The Balaban J connectivity index is 1.14. The van der Waals surface area contributed by atoms with E-state index < -0.39 is 49.0 Å². The molecule has 3 N–H and O–H groups in total. The van der Waals surface area contributed by atoms with Crippen LogP contribution in [0.1, 0.15) is 214 Å². The topological polar surface area (TPSA) is 144 Å². The summed E-state index contributed by atoms with van der Waals surface area (Å²) >= 11 is 0. The van der Waals surface area contributed by atoms with Gasteiger partial charge in [-0.2, -0.15) is 0 Å². The fourth-order valence-corrected chi connectivity index (χ4v) is 12.6. The van der Waals surface area contributed by atoms with E-state index in [-0.39, 0.29) is 38.4 Å². The lowest BCUT2D eigenvalue weighted by molar-refractivity contribution is -0.330. The first-order valence-corrected chi connectivity index (χ1v) is 37.4. The van der Waals surface area contributed by atoms with E-state index in [1.54, 1.807) is 0 Å². The highest BCUT2D eigenvalue weighted by Crippen LogP contribution is 2.33. The van der Waals surface area contributed by atoms with Crippen LogP contribution in [0.25, 0.3) is 0 Å². The van der Waals surface area contributed by atoms with Crippen LogP contribution in [0.15, 0.2) is 182 Å². The van der Waals surface area contributed by atoms with E-state index in [1.165, 1.54) is 57.8 Å². The number of nitrogens with one attached hydrogen (secondary N) is 3. The van der Waals surface area contributed by atoms with Crippen LogP contribution in [0.3, 0.4) is 0 Å². The van der Waals surface area contributed by atoms with Crippen LogP contribution in [-0.2, 0) is 82.3 Å². The first kappa shape index (κ1) is 78.1. The first-order valence-electron chi connectivity index (χ1n) is 37.4. The molecule has 1 heterocycles. The summed E-state index contributed by atoms with van der Waals surface area (Å²) in [6.45, 7) is 7.91. The number of urea groups is 1. The molecule has 1 saturated heterocycles. The van der Waals surface area contributed by atoms with Gasteiger partial charge in [-0.25, -0.2) is 4.79 Å². The minimum absolute atomic E-state index is 0.00550. The highest BCUT2D eigenvalue weighted by Gasteiger charge is 2.50. The van der Waals surface area contributed by atoms with Crippen molar-refractivity contribution in [1.29, 1.82) is 0 Å². The van der Waals surface area contributed by atoms with Crippen molar-refractivity contribution in [3.8, 4) is 0 Å². The summed E-state index contributed by atoms with van der Waals surface area (Å²) in [5, 5.41) is 9.51. The molecule has 13 nitrogen and oxygen atoms in total. The number of hydrogen-bond donors (Lipinski definition) is 3. The Bertz CT molecular complexity index is 2860. The molecule has 530 valence electrons. The summed E-state index contributed by atoms with van der Waals surface area (Å²) in [6, 6.07) is 60.5. The summed E-state index contributed by atoms with van der Waals surface area (Å²) in [5.41, 5.74) is 6.10. The lowest BCUT2D eigenvalue weighted by Gasteiger charge is -2.46. The average molecular weight is 1330 g/mol. The van der Waals surface area contributed by atoms with Crippen LogP contribution < -0.4 is 16.0 Å². The van der Waals surface area contributed by atoms with Crippen LogP contribution in [0.5, 0.6) is 0 Å². The largest absolute Gasteiger partial charge is 0.374 e. The van der Waals surface area contributed by atoms with Crippen LogP contribution in [0, 0.1) is 0 Å². The molecule has 0 radical (unpaired) electrons. The second-order valence-corrected chi connectivity index (χ2v) is 26.4. The molecule has 8 atom stereocenters. The molecule has 0 saturated carbocycles. The third-order valence-corrected chi connectivity index (χ3v) is 18.3. The van der Waals surface area contributed by atoms with Crippen molar-refractivity contribution in [2.24, 2.45) is 0 Å². The van der Waals surface area contributed by atoms with Gasteiger partial charge >= 0.3 is 6.03 Å². The van der Waals surface area contributed by atoms with Gasteiger partial charge in [0.1, 0.15) is 30.5 Å². The Morgan fingerprint density at radius 1 is 0.392 bits per heavy atom. The lowest BCUT2D eigenvalue weighted by atomic mass is 9.97. The zero-order valence-corrected chi connectivity index (χ0v) is 59.0. The van der Waals surface area contributed by atoms with Gasteiger partial charge in [0.2, 0.25) is 5.91 Å². The maximum absolute atomic E-state index is 14.9. The quantitative estimate of drug-likeness (QED) is 0.0316. The molecule has 6 aromatic rings. The number of amides is 3. The second-order valence-electron chi connectivity index (χ2n) is 26.4. The van der Waals surface area contributed by atoms with Crippen LogP contribution in [-0.4, -0.2) is 87.2 Å². The third kappa shape index (κ3) is 33.0. The Morgan fingerprint density at radius 2 is 0.763 bits per heavy atom. The number of rotatable bonds is 54. The fourth-order valence-electron chi connectivity index (χ4n) is 12.6. The Morgan fingerprint density at radius 3 is 1.24 bits per heavy atom. The maximum atomic E-state index is 14.9. The summed E-state index contributed by atoms with van der Waals surface area (Å²) < 4.78 is 56.9. The van der Waals surface area contributed by atoms with Gasteiger partial charge in [-0.3, -0.25) is 4.79 Å². The Hall–Kier alpha value is -6.26. The van der Waals surface area contributed by atoms with E-state index in [1.807, 2.05) is 109 Å². The van der Waals surface area contributed by atoms with Crippen molar-refractivity contribution in [3.63, 3.8) is 0 Å². The van der Waals surface area contributed by atoms with Crippen LogP contribution in [0.4, 0.5) is 4.79 Å². The highest BCUT2D eigenvalue weighted by atomic mass is 16.7. The maximum Gasteiger partial charge on any atom is 0.314 e. The monoisotopic (exact) mass is 1330 g/mol. The van der Waals surface area contributed by atoms with Gasteiger partial charge in [0.25, 0.3) is 0 Å². The van der Waals surface area contributed by atoms with Crippen molar-refractivity contribution in [3.05, 3.63) is 215 Å². The van der Waals surface area contributed by atoms with E-state index in [9.17, 15) is 9.59 Å². The molecule has 0 aliphatic carbocycles. The van der Waals surface area contributed by atoms with Crippen molar-refractivity contribution < 1.29 is 47.5 Å². The fraction of sp³-hybridized carbons (Fsp3) is 0.548. The van der Waals surface area contributed by atoms with Gasteiger partial charge in [0.15, 0.2) is 6.29 Å². The minimum atomic E-state index is -1.02. The van der Waals surface area contributed by atoms with E-state index in [0.29, 0.717) is 39.4 Å². The second kappa shape index (κ2) is 50.1. The van der Waals surface area contributed by atoms with Crippen LogP contribution >= 0.6 is 0 Å². The molecular formula is C84H119N3O10. The number of unbranched alkanes of at least 4 members (excludes halogenated alkanes) is 21. The predicted molar refractivity (Wildman–Crippen MR) is 391 cm³/mol. The Kier molecular flexibility index (Phi) is 40.3. The molecule has 1 aliphatic heterocycles. The molecule has 0 bridgehead atoms. The van der Waals surface area contributed by atoms with Crippen LogP contribution in [0.2, 0.25) is 0 Å². The summed E-state index contributed by atoms with van der Waals surface area (Å²) in [7, 11) is 0. The molecule has 6 aromatic carbocycles. The molecule has 0 aromatic heterocycles. The molecule has 97 heavy (non-hydrogen) atoms. The number of carbonyl (C=O) groups is 2. The van der Waals surface area contributed by atoms with Gasteiger partial charge in [0.05, 0.1) is 65.0 Å². The lowest BCUT2D eigenvalue weighted by Crippen LogP contribution is -2.62. The molecule has 0 spiro atoms. The van der Waals surface area contributed by atoms with E-state index in [0.717, 1.165) is 143 Å². The van der Waals surface area contributed by atoms with Gasteiger partial charge in [0, 0.05) is 19.5 Å². The zero-order valence-electron chi connectivity index (χ0n) is 59.0.